The number of hydrogen-bond donors (Lipinski definition) is 0. The van der Waals surface area contributed by atoms with Gasteiger partial charge in [-0.05, 0) is 25.1 Å². The number of anilines is 1. The molecule has 31 heavy (non-hydrogen) atoms. The van der Waals surface area contributed by atoms with Crippen molar-refractivity contribution in [3.05, 3.63) is 71.8 Å². The van der Waals surface area contributed by atoms with Crippen LogP contribution in [-0.4, -0.2) is 46.2 Å². The van der Waals surface area contributed by atoms with Crippen molar-refractivity contribution in [1.82, 2.24) is 20.0 Å². The molecule has 1 fully saturated rings. The number of hydrogen-bond acceptors (Lipinski definition) is 6. The van der Waals surface area contributed by atoms with Crippen LogP contribution in [0.15, 0.2) is 53.2 Å². The minimum absolute atomic E-state index is 0.0643. The smallest absolute Gasteiger partial charge is 0.241 e. The molecule has 3 heterocycles. The summed E-state index contributed by atoms with van der Waals surface area (Å²) < 4.78 is 34.0. The van der Waals surface area contributed by atoms with E-state index in [4.69, 9.17) is 4.52 Å². The van der Waals surface area contributed by atoms with E-state index in [0.29, 0.717) is 37.0 Å². The van der Waals surface area contributed by atoms with E-state index < -0.39 is 11.6 Å². The zero-order valence-corrected chi connectivity index (χ0v) is 17.1. The highest BCUT2D eigenvalue weighted by molar-refractivity contribution is 5.92. The molecule has 1 aliphatic heterocycles. The molecule has 4 aromatic rings. The van der Waals surface area contributed by atoms with Gasteiger partial charge in [0.2, 0.25) is 11.7 Å². The molecule has 8 heteroatoms. The summed E-state index contributed by atoms with van der Waals surface area (Å²) in [5, 5.41) is 4.32. The third-order valence-electron chi connectivity index (χ3n) is 5.62. The molecule has 0 radical (unpaired) electrons. The molecule has 0 amide bonds. The zero-order valence-electron chi connectivity index (χ0n) is 17.1. The topological polar surface area (TPSA) is 58.3 Å². The second-order valence-corrected chi connectivity index (χ2v) is 7.72. The van der Waals surface area contributed by atoms with Crippen molar-refractivity contribution >= 4 is 16.6 Å². The van der Waals surface area contributed by atoms with Crippen molar-refractivity contribution in [2.45, 2.75) is 13.5 Å². The fraction of sp³-hybridized carbons (Fsp3) is 0.261. The molecule has 6 nitrogen and oxygen atoms in total. The molecule has 0 atom stereocenters. The van der Waals surface area contributed by atoms with Crippen molar-refractivity contribution in [2.75, 3.05) is 31.1 Å². The molecule has 158 valence electrons. The molecule has 1 aliphatic rings. The number of nitrogens with zero attached hydrogens (tertiary/aromatic N) is 5. The second-order valence-electron chi connectivity index (χ2n) is 7.72. The van der Waals surface area contributed by atoms with Crippen molar-refractivity contribution in [3.8, 4) is 11.4 Å². The van der Waals surface area contributed by atoms with Gasteiger partial charge >= 0.3 is 0 Å². The van der Waals surface area contributed by atoms with Gasteiger partial charge in [-0.1, -0.05) is 35.0 Å². The van der Waals surface area contributed by atoms with E-state index in [0.717, 1.165) is 30.8 Å². The normalized spacial score (nSPS) is 15.0. The predicted molar refractivity (Wildman–Crippen MR) is 114 cm³/mol. The first kappa shape index (κ1) is 19.6. The lowest BCUT2D eigenvalue weighted by molar-refractivity contribution is 0.215. The third kappa shape index (κ3) is 3.86. The number of benzene rings is 2. The van der Waals surface area contributed by atoms with E-state index in [1.54, 1.807) is 6.07 Å². The maximum absolute atomic E-state index is 14.4. The summed E-state index contributed by atoms with van der Waals surface area (Å²) in [6.45, 7) is 5.41. The quantitative estimate of drug-likeness (QED) is 0.492. The van der Waals surface area contributed by atoms with Crippen molar-refractivity contribution in [3.63, 3.8) is 0 Å². The number of aryl methyl sites for hydroxylation is 1. The van der Waals surface area contributed by atoms with Gasteiger partial charge in [-0.3, -0.25) is 9.88 Å². The van der Waals surface area contributed by atoms with E-state index in [9.17, 15) is 8.78 Å². The standard InChI is InChI=1S/C23H21F2N5O/c1-15-2-4-16(5-3-15)23-27-20(31-28-23)14-29-10-12-30(13-11-29)19-8-9-26-22-18(25)7-6-17(24)21(19)22/h2-9H,10-14H2,1H3. The number of fused-ring (bicyclic) bond motifs is 1. The fourth-order valence-corrected chi connectivity index (χ4v) is 3.92. The van der Waals surface area contributed by atoms with Crippen LogP contribution in [0.25, 0.3) is 22.3 Å². The first-order chi connectivity index (χ1) is 15.1. The van der Waals surface area contributed by atoms with Crippen LogP contribution in [0.5, 0.6) is 0 Å². The molecule has 2 aromatic carbocycles. The van der Waals surface area contributed by atoms with Gasteiger partial charge in [0.1, 0.15) is 17.2 Å². The summed E-state index contributed by atoms with van der Waals surface area (Å²) in [5.41, 5.74) is 2.83. The Labute approximate surface area is 178 Å². The Morgan fingerprint density at radius 3 is 2.45 bits per heavy atom. The Morgan fingerprint density at radius 1 is 0.935 bits per heavy atom. The molecular weight excluding hydrogens is 400 g/mol. The van der Waals surface area contributed by atoms with Crippen LogP contribution in [0.3, 0.4) is 0 Å². The predicted octanol–water partition coefficient (Wildman–Crippen LogP) is 4.19. The van der Waals surface area contributed by atoms with E-state index in [1.165, 1.54) is 11.8 Å². The third-order valence-corrected chi connectivity index (χ3v) is 5.62. The van der Waals surface area contributed by atoms with Crippen LogP contribution in [0, 0.1) is 18.6 Å². The summed E-state index contributed by atoms with van der Waals surface area (Å²) in [5.74, 6) is 0.162. The zero-order chi connectivity index (χ0) is 21.4. The first-order valence-corrected chi connectivity index (χ1v) is 10.2. The fourth-order valence-electron chi connectivity index (χ4n) is 3.92. The highest BCUT2D eigenvalue weighted by Gasteiger charge is 2.22. The Bertz CT molecular complexity index is 1220. The SMILES string of the molecule is Cc1ccc(-c2noc(CN3CCN(c4ccnc5c(F)ccc(F)c45)CC3)n2)cc1. The molecule has 0 unspecified atom stereocenters. The Hall–Kier alpha value is -3.39. The number of rotatable bonds is 4. The molecule has 0 N–H and O–H groups in total. The molecule has 0 saturated carbocycles. The molecule has 5 rings (SSSR count). The van der Waals surface area contributed by atoms with Crippen molar-refractivity contribution < 1.29 is 13.3 Å². The summed E-state index contributed by atoms with van der Waals surface area (Å²) in [6, 6.07) is 12.0. The minimum atomic E-state index is -0.516. The number of halogens is 2. The molecular formula is C23H21F2N5O. The van der Waals surface area contributed by atoms with Crippen LogP contribution < -0.4 is 4.90 Å². The number of aromatic nitrogens is 3. The monoisotopic (exact) mass is 421 g/mol. The average molecular weight is 421 g/mol. The molecule has 0 aliphatic carbocycles. The van der Waals surface area contributed by atoms with Crippen LogP contribution >= 0.6 is 0 Å². The van der Waals surface area contributed by atoms with Crippen LogP contribution in [0.1, 0.15) is 11.5 Å². The van der Waals surface area contributed by atoms with Crippen LogP contribution in [-0.2, 0) is 6.54 Å². The molecule has 1 saturated heterocycles. The lowest BCUT2D eigenvalue weighted by atomic mass is 10.1. The first-order valence-electron chi connectivity index (χ1n) is 10.2. The Morgan fingerprint density at radius 2 is 1.68 bits per heavy atom. The van der Waals surface area contributed by atoms with Gasteiger partial charge in [0.15, 0.2) is 0 Å². The lowest BCUT2D eigenvalue weighted by Crippen LogP contribution is -2.46. The van der Waals surface area contributed by atoms with E-state index in [-0.39, 0.29) is 10.9 Å². The molecule has 2 aromatic heterocycles. The number of piperazine rings is 1. The van der Waals surface area contributed by atoms with E-state index >= 15 is 0 Å². The second kappa shape index (κ2) is 8.03. The van der Waals surface area contributed by atoms with Gasteiger partial charge in [0.05, 0.1) is 17.6 Å². The van der Waals surface area contributed by atoms with Gasteiger partial charge < -0.3 is 9.42 Å². The largest absolute Gasteiger partial charge is 0.368 e. The summed E-state index contributed by atoms with van der Waals surface area (Å²) in [4.78, 5) is 12.8. The molecule has 0 bridgehead atoms. The summed E-state index contributed by atoms with van der Waals surface area (Å²) in [7, 11) is 0. The van der Waals surface area contributed by atoms with Gasteiger partial charge in [0, 0.05) is 37.9 Å². The number of pyridine rings is 1. The van der Waals surface area contributed by atoms with E-state index in [2.05, 4.69) is 24.9 Å². The van der Waals surface area contributed by atoms with Gasteiger partial charge in [0.25, 0.3) is 0 Å². The van der Waals surface area contributed by atoms with Crippen molar-refractivity contribution in [2.24, 2.45) is 0 Å². The Balaban J connectivity index is 1.27. The maximum atomic E-state index is 14.4. The van der Waals surface area contributed by atoms with E-state index in [1.807, 2.05) is 31.2 Å². The highest BCUT2D eigenvalue weighted by atomic mass is 19.1. The highest BCUT2D eigenvalue weighted by Crippen LogP contribution is 2.30. The van der Waals surface area contributed by atoms with Crippen molar-refractivity contribution in [1.29, 1.82) is 0 Å². The minimum Gasteiger partial charge on any atom is -0.368 e. The lowest BCUT2D eigenvalue weighted by Gasteiger charge is -2.35. The van der Waals surface area contributed by atoms with Gasteiger partial charge in [-0.15, -0.1) is 0 Å². The maximum Gasteiger partial charge on any atom is 0.241 e. The molecule has 0 spiro atoms. The summed E-state index contributed by atoms with van der Waals surface area (Å²) >= 11 is 0. The van der Waals surface area contributed by atoms with Gasteiger partial charge in [-0.25, -0.2) is 8.78 Å². The summed E-state index contributed by atoms with van der Waals surface area (Å²) in [6.07, 6.45) is 1.53. The Kier molecular flexibility index (Phi) is 5.07. The van der Waals surface area contributed by atoms with Crippen LogP contribution in [0.2, 0.25) is 0 Å². The average Bonchev–Trinajstić information content (AvgIpc) is 3.25. The van der Waals surface area contributed by atoms with Gasteiger partial charge in [-0.2, -0.15) is 4.98 Å². The van der Waals surface area contributed by atoms with Crippen LogP contribution in [0.4, 0.5) is 14.5 Å².